The summed E-state index contributed by atoms with van der Waals surface area (Å²) in [6.45, 7) is 5.28. The van der Waals surface area contributed by atoms with Crippen LogP contribution in [0, 0.1) is 34.8 Å². The first-order chi connectivity index (χ1) is 28.3. The van der Waals surface area contributed by atoms with Gasteiger partial charge < -0.3 is 20.1 Å². The molecule has 3 N–H and O–H groups in total. The van der Waals surface area contributed by atoms with Crippen molar-refractivity contribution in [3.63, 3.8) is 0 Å². The van der Waals surface area contributed by atoms with E-state index >= 15 is 0 Å². The third kappa shape index (κ3) is 8.45. The van der Waals surface area contributed by atoms with E-state index in [0.717, 1.165) is 74.7 Å². The molecule has 8 rings (SSSR count). The largest absolute Gasteiger partial charge is 0.386 e. The maximum atomic E-state index is 14.9. The lowest BCUT2D eigenvalue weighted by molar-refractivity contribution is -0.134. The van der Waals surface area contributed by atoms with E-state index in [-0.39, 0.29) is 42.7 Å². The van der Waals surface area contributed by atoms with Gasteiger partial charge in [-0.1, -0.05) is 11.8 Å². The summed E-state index contributed by atoms with van der Waals surface area (Å²) in [5.41, 5.74) is 1.61. The molecule has 3 aromatic heterocycles. The average molecular weight is 803 g/mol. The number of amides is 3. The third-order valence-corrected chi connectivity index (χ3v) is 11.8. The Morgan fingerprint density at radius 2 is 1.73 bits per heavy atom. The van der Waals surface area contributed by atoms with Gasteiger partial charge in [-0.15, -0.1) is 0 Å². The molecule has 0 spiro atoms. The van der Waals surface area contributed by atoms with E-state index in [0.29, 0.717) is 34.1 Å². The number of carbonyl (C=O) groups is 3. The number of likely N-dealkylation sites (tertiary alicyclic amines) is 1. The summed E-state index contributed by atoms with van der Waals surface area (Å²) in [5, 5.41) is 35.5. The van der Waals surface area contributed by atoms with E-state index in [9.17, 15) is 33.5 Å². The summed E-state index contributed by atoms with van der Waals surface area (Å²) in [5.74, 6) is 1.31. The van der Waals surface area contributed by atoms with Crippen LogP contribution in [0.25, 0.3) is 16.4 Å². The van der Waals surface area contributed by atoms with Crippen molar-refractivity contribution in [2.45, 2.75) is 94.9 Å². The fourth-order valence-electron chi connectivity index (χ4n) is 8.66. The van der Waals surface area contributed by atoms with Gasteiger partial charge in [-0.25, -0.2) is 13.3 Å². The summed E-state index contributed by atoms with van der Waals surface area (Å²) in [7, 11) is 0. The fraction of sp³-hybridized carbons (Fsp3) is 0.409. The summed E-state index contributed by atoms with van der Waals surface area (Å²) in [6, 6.07) is 13.7. The number of nitriles is 1. The van der Waals surface area contributed by atoms with Gasteiger partial charge in [0.25, 0.3) is 5.91 Å². The lowest BCUT2D eigenvalue weighted by atomic mass is 9.89. The molecule has 1 saturated carbocycles. The smallest absolute Gasteiger partial charge is 0.274 e. The number of nitrogens with zero attached hydrogens (tertiary/aromatic N) is 6. The Kier molecular flexibility index (Phi) is 11.0. The Bertz CT molecular complexity index is 2540. The van der Waals surface area contributed by atoms with Crippen LogP contribution in [0.3, 0.4) is 0 Å². The summed E-state index contributed by atoms with van der Waals surface area (Å²) in [4.78, 5) is 39.6. The predicted octanol–water partition coefficient (Wildman–Crippen LogP) is 5.85. The van der Waals surface area contributed by atoms with Gasteiger partial charge in [0.05, 0.1) is 46.5 Å². The average Bonchev–Trinajstić information content (AvgIpc) is 3.84. The van der Waals surface area contributed by atoms with Gasteiger partial charge >= 0.3 is 0 Å². The van der Waals surface area contributed by atoms with E-state index in [4.69, 9.17) is 9.84 Å². The van der Waals surface area contributed by atoms with Crippen molar-refractivity contribution in [1.82, 2.24) is 29.6 Å². The lowest BCUT2D eigenvalue weighted by Gasteiger charge is -2.40. The quantitative estimate of drug-likeness (QED) is 0.129. The van der Waals surface area contributed by atoms with Gasteiger partial charge in [-0.05, 0) is 101 Å². The van der Waals surface area contributed by atoms with Gasteiger partial charge in [-0.3, -0.25) is 24.4 Å². The van der Waals surface area contributed by atoms with Crippen LogP contribution in [0.1, 0.15) is 110 Å². The minimum atomic E-state index is -1.26. The van der Waals surface area contributed by atoms with Crippen LogP contribution in [0.2, 0.25) is 0 Å². The number of aliphatic hydroxyl groups is 1. The number of ether oxygens (including phenoxy) is 1. The van der Waals surface area contributed by atoms with Crippen LogP contribution >= 0.6 is 0 Å². The molecule has 0 unspecified atom stereocenters. The van der Waals surface area contributed by atoms with Crippen molar-refractivity contribution >= 4 is 39.8 Å². The number of hydrogen-bond donors (Lipinski definition) is 3. The number of benzene rings is 2. The Morgan fingerprint density at radius 3 is 2.42 bits per heavy atom. The Labute approximate surface area is 339 Å². The molecule has 3 amide bonds. The lowest BCUT2D eigenvalue weighted by Crippen LogP contribution is -2.45. The Hall–Kier alpha value is -6.00. The van der Waals surface area contributed by atoms with Crippen LogP contribution < -0.4 is 10.6 Å². The predicted molar refractivity (Wildman–Crippen MR) is 213 cm³/mol. The topological polar surface area (TPSA) is 167 Å². The normalized spacial score (nSPS) is 20.6. The molecule has 15 heteroatoms. The molecule has 304 valence electrons. The molecule has 0 radical (unpaired) electrons. The number of imide groups is 1. The summed E-state index contributed by atoms with van der Waals surface area (Å²) < 4.78 is 39.2. The van der Waals surface area contributed by atoms with E-state index in [1.807, 2.05) is 23.0 Å². The zero-order valence-corrected chi connectivity index (χ0v) is 32.8. The van der Waals surface area contributed by atoms with Crippen molar-refractivity contribution < 1.29 is 33.0 Å². The van der Waals surface area contributed by atoms with Crippen molar-refractivity contribution in [2.75, 3.05) is 25.0 Å². The van der Waals surface area contributed by atoms with Crippen LogP contribution in [0.5, 0.6) is 0 Å². The number of piperidine rings is 2. The maximum absolute atomic E-state index is 14.9. The molecule has 5 aromatic rings. The minimum Gasteiger partial charge on any atom is -0.386 e. The summed E-state index contributed by atoms with van der Waals surface area (Å²) in [6.07, 6.45) is 9.24. The summed E-state index contributed by atoms with van der Waals surface area (Å²) >= 11 is 0. The van der Waals surface area contributed by atoms with Crippen LogP contribution in [0.15, 0.2) is 54.9 Å². The number of carbonyl (C=O) groups excluding carboxylic acids is 3. The second-order valence-corrected chi connectivity index (χ2v) is 16.2. The molecule has 1 aliphatic carbocycles. The molecular weight excluding hydrogens is 759 g/mol. The van der Waals surface area contributed by atoms with Crippen molar-refractivity contribution in [3.8, 4) is 17.9 Å². The highest BCUT2D eigenvalue weighted by atomic mass is 19.1. The standard InChI is InChI=1S/C44H44F2N8O5/c1-44(2,58)34-22-37-28(21-38(34)49-43(57)39-11-9-31-18-27(23-47)24-48-54(31)39)25-53(51-37)30-7-5-29(6-8-30)52-15-13-32(14-16-52)59-17-3-4-26-19-35(45)41(36(46)20-26)33-10-12-40(55)50-42(33)56/h9,11,18-22,24-25,29-30,32-33,58H,5-8,10,12-17H2,1-2H3,(H,49,57)(H,50,55,56)/t29?,30?,33-/m1/s1. The Balaban J connectivity index is 0.835. The molecule has 2 aliphatic heterocycles. The first-order valence-electron chi connectivity index (χ1n) is 20.0. The van der Waals surface area contributed by atoms with Crippen LogP contribution in [0.4, 0.5) is 14.5 Å². The first kappa shape index (κ1) is 39.8. The van der Waals surface area contributed by atoms with Crippen molar-refractivity contribution in [3.05, 3.63) is 94.4 Å². The number of aromatic nitrogens is 4. The van der Waals surface area contributed by atoms with Crippen LogP contribution in [-0.2, 0) is 19.9 Å². The zero-order chi connectivity index (χ0) is 41.4. The first-order valence-corrected chi connectivity index (χ1v) is 20.0. The van der Waals surface area contributed by atoms with Gasteiger partial charge in [0.1, 0.15) is 30.0 Å². The highest BCUT2D eigenvalue weighted by Gasteiger charge is 2.33. The molecule has 0 bridgehead atoms. The second kappa shape index (κ2) is 16.3. The highest BCUT2D eigenvalue weighted by molar-refractivity contribution is 6.05. The Morgan fingerprint density at radius 1 is 1.00 bits per heavy atom. The number of fused-ring (bicyclic) bond motifs is 2. The van der Waals surface area contributed by atoms with Gasteiger partial charge in [0.2, 0.25) is 11.8 Å². The second-order valence-electron chi connectivity index (χ2n) is 16.2. The van der Waals surface area contributed by atoms with Gasteiger partial charge in [0.15, 0.2) is 0 Å². The SMILES string of the molecule is CC(C)(O)c1cc2nn(C3CCC(N4CCC(OCC#Cc5cc(F)c([C@H]6CCC(=O)NC6=O)c(F)c5)CC4)CC3)cc2cc1NC(=O)c1ccc2cc(C#N)cnn12. The monoisotopic (exact) mass is 802 g/mol. The number of halogens is 2. The molecular formula is C44H44F2N8O5. The number of rotatable bonds is 8. The molecule has 2 saturated heterocycles. The van der Waals surface area contributed by atoms with Gasteiger partial charge in [-0.2, -0.15) is 15.5 Å². The van der Waals surface area contributed by atoms with Crippen molar-refractivity contribution in [1.29, 1.82) is 5.26 Å². The number of hydrogen-bond acceptors (Lipinski definition) is 9. The van der Waals surface area contributed by atoms with Gasteiger partial charge in [0, 0.05) is 59.5 Å². The van der Waals surface area contributed by atoms with E-state index in [1.165, 1.54) is 10.7 Å². The third-order valence-electron chi connectivity index (χ3n) is 11.8. The minimum absolute atomic E-state index is 0.0272. The maximum Gasteiger partial charge on any atom is 0.274 e. The number of nitrogens with one attached hydrogen (secondary N) is 2. The number of anilines is 1. The van der Waals surface area contributed by atoms with Crippen LogP contribution in [-0.4, -0.2) is 79.0 Å². The van der Waals surface area contributed by atoms with E-state index in [2.05, 4.69) is 38.5 Å². The molecule has 5 heterocycles. The molecule has 13 nitrogen and oxygen atoms in total. The molecule has 59 heavy (non-hydrogen) atoms. The molecule has 2 aromatic carbocycles. The van der Waals surface area contributed by atoms with E-state index in [1.54, 1.807) is 32.0 Å². The van der Waals surface area contributed by atoms with Crippen molar-refractivity contribution in [2.24, 2.45) is 0 Å². The van der Waals surface area contributed by atoms with E-state index < -0.39 is 40.9 Å². The zero-order valence-electron chi connectivity index (χ0n) is 32.8. The molecule has 3 aliphatic rings. The molecule has 1 atom stereocenters. The fourth-order valence-corrected chi connectivity index (χ4v) is 8.66. The highest BCUT2D eigenvalue weighted by Crippen LogP contribution is 2.36. The molecule has 3 fully saturated rings.